The zero-order valence-corrected chi connectivity index (χ0v) is 14.5. The molecule has 1 aliphatic carbocycles. The van der Waals surface area contributed by atoms with Gasteiger partial charge in [-0.3, -0.25) is 19.0 Å². The molecule has 1 aliphatic rings. The van der Waals surface area contributed by atoms with Crippen molar-refractivity contribution in [1.29, 1.82) is 0 Å². The highest BCUT2D eigenvalue weighted by molar-refractivity contribution is 6.25. The van der Waals surface area contributed by atoms with Crippen LogP contribution in [0.25, 0.3) is 11.1 Å². The van der Waals surface area contributed by atoms with Gasteiger partial charge in [0.05, 0.1) is 5.52 Å². The molecule has 0 unspecified atom stereocenters. The van der Waals surface area contributed by atoms with E-state index in [4.69, 9.17) is 4.42 Å². The third-order valence-electron chi connectivity index (χ3n) is 4.83. The topological polar surface area (TPSA) is 86.3 Å². The molecule has 1 saturated carbocycles. The Balaban J connectivity index is 2.09. The summed E-state index contributed by atoms with van der Waals surface area (Å²) >= 11 is 0. The van der Waals surface area contributed by atoms with Crippen molar-refractivity contribution in [3.8, 4) is 0 Å². The van der Waals surface area contributed by atoms with Gasteiger partial charge in [0.1, 0.15) is 5.92 Å². The smallest absolute Gasteiger partial charge is 0.408 e. The van der Waals surface area contributed by atoms with Crippen LogP contribution in [-0.4, -0.2) is 21.9 Å². The van der Waals surface area contributed by atoms with Crippen LogP contribution in [0.15, 0.2) is 21.3 Å². The van der Waals surface area contributed by atoms with Crippen LogP contribution in [0.3, 0.4) is 0 Å². The number of ketones is 3. The first-order chi connectivity index (χ1) is 12.0. The fourth-order valence-electron chi connectivity index (χ4n) is 3.47. The Hall–Kier alpha value is -2.50. The number of carbonyl (C=O) groups excluding carboxylic acids is 3. The Labute approximate surface area is 144 Å². The highest BCUT2D eigenvalue weighted by Gasteiger charge is 2.37. The normalized spacial score (nSPS) is 15.9. The summed E-state index contributed by atoms with van der Waals surface area (Å²) in [5.74, 6) is -2.74. The molecule has 0 aliphatic heterocycles. The molecular weight excluding hydrogens is 322 g/mol. The largest absolute Gasteiger partial charge is 0.419 e. The summed E-state index contributed by atoms with van der Waals surface area (Å²) in [7, 11) is 0. The van der Waals surface area contributed by atoms with Crippen molar-refractivity contribution in [3.63, 3.8) is 0 Å². The van der Waals surface area contributed by atoms with Gasteiger partial charge < -0.3 is 4.42 Å². The summed E-state index contributed by atoms with van der Waals surface area (Å²) in [5, 5.41) is 0. The zero-order valence-electron chi connectivity index (χ0n) is 14.5. The van der Waals surface area contributed by atoms with E-state index in [9.17, 15) is 19.2 Å². The van der Waals surface area contributed by atoms with E-state index in [1.165, 1.54) is 4.57 Å². The van der Waals surface area contributed by atoms with Gasteiger partial charge in [-0.2, -0.15) is 0 Å². The van der Waals surface area contributed by atoms with Crippen molar-refractivity contribution < 1.29 is 18.8 Å². The second kappa shape index (κ2) is 6.78. The van der Waals surface area contributed by atoms with Crippen LogP contribution in [-0.2, 0) is 16.1 Å². The minimum atomic E-state index is -1.20. The number of unbranched alkanes of at least 4 members (excludes halogenated alkanes) is 1. The summed E-state index contributed by atoms with van der Waals surface area (Å²) < 4.78 is 6.78. The van der Waals surface area contributed by atoms with E-state index in [0.717, 1.165) is 12.8 Å². The number of nitrogens with zero attached hydrogens (tertiary/aromatic N) is 1. The van der Waals surface area contributed by atoms with Crippen LogP contribution in [0.5, 0.6) is 0 Å². The molecule has 1 fully saturated rings. The van der Waals surface area contributed by atoms with Gasteiger partial charge in [-0.05, 0) is 37.5 Å². The molecule has 2 aromatic rings. The van der Waals surface area contributed by atoms with Crippen molar-refractivity contribution in [3.05, 3.63) is 33.8 Å². The maximum atomic E-state index is 12.9. The second-order valence-corrected chi connectivity index (χ2v) is 6.54. The van der Waals surface area contributed by atoms with Gasteiger partial charge in [-0.25, -0.2) is 4.79 Å². The molecule has 132 valence electrons. The van der Waals surface area contributed by atoms with Crippen molar-refractivity contribution in [2.75, 3.05) is 0 Å². The monoisotopic (exact) mass is 343 g/mol. The maximum Gasteiger partial charge on any atom is 0.419 e. The Morgan fingerprint density at radius 2 is 1.88 bits per heavy atom. The molecule has 6 nitrogen and oxygen atoms in total. The number of aryl methyl sites for hydroxylation is 2. The van der Waals surface area contributed by atoms with Crippen LogP contribution < -0.4 is 5.76 Å². The van der Waals surface area contributed by atoms with E-state index in [0.29, 0.717) is 35.2 Å². The van der Waals surface area contributed by atoms with Crippen LogP contribution in [0, 0.1) is 12.8 Å². The van der Waals surface area contributed by atoms with Crippen LogP contribution in [0.4, 0.5) is 0 Å². The van der Waals surface area contributed by atoms with Crippen molar-refractivity contribution in [1.82, 2.24) is 4.57 Å². The molecule has 0 radical (unpaired) electrons. The summed E-state index contributed by atoms with van der Waals surface area (Å²) in [4.78, 5) is 49.1. The van der Waals surface area contributed by atoms with E-state index in [1.54, 1.807) is 19.1 Å². The van der Waals surface area contributed by atoms with Crippen LogP contribution in [0.2, 0.25) is 0 Å². The molecule has 0 bridgehead atoms. The number of benzene rings is 1. The first kappa shape index (κ1) is 17.3. The number of oxazole rings is 1. The molecule has 0 amide bonds. The standard InChI is InChI=1S/C19H21NO5/c1-3-4-10-20-17-11(2)12(8-9-15(17)25-19(20)24)18(23)16-13(21)6-5-7-14(16)22/h8-9,16H,3-7,10H2,1-2H3. The highest BCUT2D eigenvalue weighted by Crippen LogP contribution is 2.27. The zero-order chi connectivity index (χ0) is 18.1. The Kier molecular flexibility index (Phi) is 4.70. The van der Waals surface area contributed by atoms with Crippen LogP contribution >= 0.6 is 0 Å². The molecule has 1 heterocycles. The molecule has 1 aromatic carbocycles. The number of hydrogen-bond donors (Lipinski definition) is 0. The lowest BCUT2D eigenvalue weighted by Crippen LogP contribution is -2.35. The van der Waals surface area contributed by atoms with Crippen molar-refractivity contribution >= 4 is 28.4 Å². The SMILES string of the molecule is CCCCn1c(=O)oc2ccc(C(=O)C3C(=O)CCCC3=O)c(C)c21. The van der Waals surface area contributed by atoms with Crippen LogP contribution in [0.1, 0.15) is 54.9 Å². The predicted molar refractivity (Wildman–Crippen MR) is 91.8 cm³/mol. The fraction of sp³-hybridized carbons (Fsp3) is 0.474. The van der Waals surface area contributed by atoms with Gasteiger partial charge in [0.2, 0.25) is 0 Å². The number of aromatic nitrogens is 1. The third-order valence-corrected chi connectivity index (χ3v) is 4.83. The fourth-order valence-corrected chi connectivity index (χ4v) is 3.47. The lowest BCUT2D eigenvalue weighted by Gasteiger charge is -2.19. The van der Waals surface area contributed by atoms with E-state index in [-0.39, 0.29) is 24.4 Å². The first-order valence-electron chi connectivity index (χ1n) is 8.68. The number of rotatable bonds is 5. The lowest BCUT2D eigenvalue weighted by atomic mass is 9.81. The van der Waals surface area contributed by atoms with Gasteiger partial charge in [-0.15, -0.1) is 0 Å². The van der Waals surface area contributed by atoms with Gasteiger partial charge in [0.15, 0.2) is 22.9 Å². The molecule has 0 N–H and O–H groups in total. The Bertz CT molecular complexity index is 902. The summed E-state index contributed by atoms with van der Waals surface area (Å²) in [6.07, 6.45) is 2.76. The van der Waals surface area contributed by atoms with E-state index < -0.39 is 17.5 Å². The lowest BCUT2D eigenvalue weighted by molar-refractivity contribution is -0.133. The van der Waals surface area contributed by atoms with Crippen molar-refractivity contribution in [2.24, 2.45) is 5.92 Å². The molecule has 6 heteroatoms. The Morgan fingerprint density at radius 3 is 2.52 bits per heavy atom. The van der Waals surface area contributed by atoms with E-state index in [2.05, 4.69) is 0 Å². The van der Waals surface area contributed by atoms with Crippen molar-refractivity contribution in [2.45, 2.75) is 52.5 Å². The minimum absolute atomic E-state index is 0.260. The second-order valence-electron chi connectivity index (χ2n) is 6.54. The predicted octanol–water partition coefficient (Wildman–Crippen LogP) is 2.82. The number of hydrogen-bond acceptors (Lipinski definition) is 5. The third kappa shape index (κ3) is 2.97. The summed E-state index contributed by atoms with van der Waals surface area (Å²) in [6, 6.07) is 3.11. The molecular formula is C19H21NO5. The maximum absolute atomic E-state index is 12.9. The molecule has 25 heavy (non-hydrogen) atoms. The van der Waals surface area contributed by atoms with E-state index >= 15 is 0 Å². The molecule has 3 rings (SSSR count). The highest BCUT2D eigenvalue weighted by atomic mass is 16.4. The van der Waals surface area contributed by atoms with Gasteiger partial charge in [0, 0.05) is 24.9 Å². The average molecular weight is 343 g/mol. The molecule has 0 spiro atoms. The summed E-state index contributed by atoms with van der Waals surface area (Å²) in [6.45, 7) is 4.25. The van der Waals surface area contributed by atoms with Gasteiger partial charge in [-0.1, -0.05) is 13.3 Å². The quantitative estimate of drug-likeness (QED) is 0.615. The molecule has 0 saturated heterocycles. The number of carbonyl (C=O) groups is 3. The van der Waals surface area contributed by atoms with Gasteiger partial charge in [0.25, 0.3) is 0 Å². The summed E-state index contributed by atoms with van der Waals surface area (Å²) in [5.41, 5.74) is 1.87. The first-order valence-corrected chi connectivity index (χ1v) is 8.68. The molecule has 0 atom stereocenters. The Morgan fingerprint density at radius 1 is 1.20 bits per heavy atom. The number of Topliss-reactive ketones (excluding diaryl/α,β-unsaturated/α-hetero) is 3. The van der Waals surface area contributed by atoms with E-state index in [1.807, 2.05) is 6.92 Å². The average Bonchev–Trinajstić information content (AvgIpc) is 2.89. The minimum Gasteiger partial charge on any atom is -0.408 e. The number of fused-ring (bicyclic) bond motifs is 1. The molecule has 1 aromatic heterocycles. The van der Waals surface area contributed by atoms with Gasteiger partial charge >= 0.3 is 5.76 Å².